The highest BCUT2D eigenvalue weighted by molar-refractivity contribution is 5.63. The van der Waals surface area contributed by atoms with E-state index in [0.717, 1.165) is 5.56 Å². The summed E-state index contributed by atoms with van der Waals surface area (Å²) >= 11 is 0. The van der Waals surface area contributed by atoms with Crippen LogP contribution in [0, 0.1) is 10.1 Å². The first-order valence-electron chi connectivity index (χ1n) is 6.61. The van der Waals surface area contributed by atoms with Gasteiger partial charge in [-0.1, -0.05) is 30.3 Å². The van der Waals surface area contributed by atoms with E-state index in [2.05, 4.69) is 0 Å². The molecule has 0 aromatic heterocycles. The Kier molecular flexibility index (Phi) is 5.08. The van der Waals surface area contributed by atoms with Gasteiger partial charge in [-0.2, -0.15) is 0 Å². The molecule has 0 radical (unpaired) electrons. The summed E-state index contributed by atoms with van der Waals surface area (Å²) in [5.41, 5.74) is 1.07. The first-order chi connectivity index (χ1) is 10.7. The van der Waals surface area contributed by atoms with E-state index in [4.69, 9.17) is 9.47 Å². The van der Waals surface area contributed by atoms with E-state index < -0.39 is 4.92 Å². The summed E-state index contributed by atoms with van der Waals surface area (Å²) in [6.07, 6.45) is 0.567. The van der Waals surface area contributed by atoms with E-state index in [1.54, 1.807) is 0 Å². The average molecular weight is 301 g/mol. The van der Waals surface area contributed by atoms with Crippen LogP contribution >= 0.6 is 0 Å². The second kappa shape index (κ2) is 7.21. The van der Waals surface area contributed by atoms with Crippen molar-refractivity contribution in [3.63, 3.8) is 0 Å². The lowest BCUT2D eigenvalue weighted by molar-refractivity contribution is -0.385. The number of carbonyl (C=O) groups is 1. The van der Waals surface area contributed by atoms with Crippen LogP contribution in [0.4, 0.5) is 5.69 Å². The van der Waals surface area contributed by atoms with Crippen LogP contribution in [0.2, 0.25) is 0 Å². The monoisotopic (exact) mass is 301 g/mol. The van der Waals surface area contributed by atoms with Crippen molar-refractivity contribution < 1.29 is 19.2 Å². The van der Waals surface area contributed by atoms with Gasteiger partial charge in [0.25, 0.3) is 5.69 Å². The Morgan fingerprint density at radius 1 is 1.18 bits per heavy atom. The Bertz CT molecular complexity index is 670. The second-order valence-electron chi connectivity index (χ2n) is 4.53. The molecule has 6 heteroatoms. The first-order valence-corrected chi connectivity index (χ1v) is 6.61. The fourth-order valence-electron chi connectivity index (χ4n) is 2.02. The summed E-state index contributed by atoms with van der Waals surface area (Å²) in [7, 11) is 1.45. The van der Waals surface area contributed by atoms with E-state index in [0.29, 0.717) is 17.6 Å². The third-order valence-corrected chi connectivity index (χ3v) is 3.10. The summed E-state index contributed by atoms with van der Waals surface area (Å²) in [4.78, 5) is 21.2. The molecule has 0 saturated carbocycles. The highest BCUT2D eigenvalue weighted by Crippen LogP contribution is 2.35. The minimum Gasteiger partial charge on any atom is -0.493 e. The number of aldehydes is 1. The second-order valence-corrected chi connectivity index (χ2v) is 4.53. The molecule has 2 rings (SSSR count). The number of benzene rings is 2. The van der Waals surface area contributed by atoms with Crippen molar-refractivity contribution in [2.24, 2.45) is 0 Å². The Morgan fingerprint density at radius 2 is 1.91 bits per heavy atom. The molecule has 0 heterocycles. The van der Waals surface area contributed by atoms with Gasteiger partial charge in [0.05, 0.1) is 18.1 Å². The molecule has 0 N–H and O–H groups in total. The van der Waals surface area contributed by atoms with Crippen LogP contribution in [0.3, 0.4) is 0 Å². The SMILES string of the molecule is COc1cc(CC=O)c([N+](=O)[O-])cc1OCc1ccccc1. The maximum Gasteiger partial charge on any atom is 0.277 e. The molecule has 0 aliphatic rings. The number of nitrogens with zero attached hydrogens (tertiary/aromatic N) is 1. The quantitative estimate of drug-likeness (QED) is 0.446. The predicted octanol–water partition coefficient (Wildman–Crippen LogP) is 2.92. The van der Waals surface area contributed by atoms with Gasteiger partial charge >= 0.3 is 0 Å². The van der Waals surface area contributed by atoms with Gasteiger partial charge < -0.3 is 14.3 Å². The predicted molar refractivity (Wildman–Crippen MR) is 80.2 cm³/mol. The Labute approximate surface area is 127 Å². The maximum atomic E-state index is 11.1. The normalized spacial score (nSPS) is 10.0. The summed E-state index contributed by atoms with van der Waals surface area (Å²) in [5.74, 6) is 0.631. The van der Waals surface area contributed by atoms with E-state index in [-0.39, 0.29) is 24.5 Å². The summed E-state index contributed by atoms with van der Waals surface area (Å²) in [6, 6.07) is 12.2. The molecule has 0 bridgehead atoms. The molecule has 0 unspecified atom stereocenters. The van der Waals surface area contributed by atoms with Crippen molar-refractivity contribution in [1.29, 1.82) is 0 Å². The zero-order chi connectivity index (χ0) is 15.9. The average Bonchev–Trinajstić information content (AvgIpc) is 2.54. The maximum absolute atomic E-state index is 11.1. The number of hydrogen-bond acceptors (Lipinski definition) is 5. The van der Waals surface area contributed by atoms with Gasteiger partial charge in [0, 0.05) is 12.0 Å². The van der Waals surface area contributed by atoms with Gasteiger partial charge in [-0.05, 0) is 11.6 Å². The largest absolute Gasteiger partial charge is 0.493 e. The lowest BCUT2D eigenvalue weighted by atomic mass is 10.1. The molecule has 0 aliphatic heterocycles. The zero-order valence-electron chi connectivity index (χ0n) is 12.0. The van der Waals surface area contributed by atoms with Crippen molar-refractivity contribution in [2.75, 3.05) is 7.11 Å². The van der Waals surface area contributed by atoms with Crippen molar-refractivity contribution in [3.8, 4) is 11.5 Å². The van der Waals surface area contributed by atoms with Gasteiger partial charge in [0.1, 0.15) is 12.9 Å². The third-order valence-electron chi connectivity index (χ3n) is 3.10. The number of nitro groups is 1. The van der Waals surface area contributed by atoms with Crippen molar-refractivity contribution in [1.82, 2.24) is 0 Å². The van der Waals surface area contributed by atoms with Gasteiger partial charge in [0.15, 0.2) is 11.5 Å². The molecule has 0 atom stereocenters. The van der Waals surface area contributed by atoms with Crippen molar-refractivity contribution in [2.45, 2.75) is 13.0 Å². The molecule has 2 aromatic rings. The Morgan fingerprint density at radius 3 is 2.50 bits per heavy atom. The molecule has 0 fully saturated rings. The third kappa shape index (κ3) is 3.60. The first kappa shape index (κ1) is 15.5. The highest BCUT2D eigenvalue weighted by atomic mass is 16.6. The Balaban J connectivity index is 2.31. The zero-order valence-corrected chi connectivity index (χ0v) is 12.0. The minimum absolute atomic E-state index is 0.0500. The van der Waals surface area contributed by atoms with Gasteiger partial charge in [-0.25, -0.2) is 0 Å². The lowest BCUT2D eigenvalue weighted by Gasteiger charge is -2.12. The van der Waals surface area contributed by atoms with E-state index in [1.165, 1.54) is 19.2 Å². The lowest BCUT2D eigenvalue weighted by Crippen LogP contribution is -2.02. The smallest absolute Gasteiger partial charge is 0.277 e. The van der Waals surface area contributed by atoms with Crippen LogP contribution in [0.25, 0.3) is 0 Å². The summed E-state index contributed by atoms with van der Waals surface area (Å²) in [6.45, 7) is 0.265. The number of nitro benzene ring substituents is 1. The molecule has 2 aromatic carbocycles. The van der Waals surface area contributed by atoms with E-state index in [9.17, 15) is 14.9 Å². The van der Waals surface area contributed by atoms with E-state index in [1.807, 2.05) is 30.3 Å². The van der Waals surface area contributed by atoms with Crippen LogP contribution in [0.15, 0.2) is 42.5 Å². The van der Waals surface area contributed by atoms with Crippen LogP contribution in [-0.2, 0) is 17.8 Å². The van der Waals surface area contributed by atoms with Crippen LogP contribution < -0.4 is 9.47 Å². The van der Waals surface area contributed by atoms with Gasteiger partial charge in [-0.3, -0.25) is 10.1 Å². The molecular weight excluding hydrogens is 286 g/mol. The standard InChI is InChI=1S/C16H15NO5/c1-21-15-9-13(7-8-18)14(17(19)20)10-16(15)22-11-12-5-3-2-4-6-12/h2-6,8-10H,7,11H2,1H3. The highest BCUT2D eigenvalue weighted by Gasteiger charge is 2.19. The molecule has 0 saturated heterocycles. The molecule has 0 amide bonds. The van der Waals surface area contributed by atoms with Crippen LogP contribution in [0.5, 0.6) is 11.5 Å². The molecule has 0 spiro atoms. The molecular formula is C16H15NO5. The fourth-order valence-corrected chi connectivity index (χ4v) is 2.02. The summed E-state index contributed by atoms with van der Waals surface area (Å²) in [5, 5.41) is 11.1. The Hall–Kier alpha value is -2.89. The van der Waals surface area contributed by atoms with Crippen molar-refractivity contribution >= 4 is 12.0 Å². The van der Waals surface area contributed by atoms with Crippen molar-refractivity contribution in [3.05, 3.63) is 63.7 Å². The van der Waals surface area contributed by atoms with Gasteiger partial charge in [-0.15, -0.1) is 0 Å². The number of rotatable bonds is 7. The number of carbonyl (C=O) groups excluding carboxylic acids is 1. The van der Waals surface area contributed by atoms with Crippen LogP contribution in [0.1, 0.15) is 11.1 Å². The summed E-state index contributed by atoms with van der Waals surface area (Å²) < 4.78 is 10.8. The van der Waals surface area contributed by atoms with Crippen LogP contribution in [-0.4, -0.2) is 18.3 Å². The fraction of sp³-hybridized carbons (Fsp3) is 0.188. The molecule has 6 nitrogen and oxygen atoms in total. The number of hydrogen-bond donors (Lipinski definition) is 0. The number of ether oxygens (including phenoxy) is 2. The molecule has 0 aliphatic carbocycles. The molecule has 22 heavy (non-hydrogen) atoms. The minimum atomic E-state index is -0.534. The molecule has 114 valence electrons. The van der Waals surface area contributed by atoms with E-state index >= 15 is 0 Å². The number of methoxy groups -OCH3 is 1. The topological polar surface area (TPSA) is 78.7 Å². The van der Waals surface area contributed by atoms with Gasteiger partial charge in [0.2, 0.25) is 0 Å².